The second kappa shape index (κ2) is 5.61. The van der Waals surface area contributed by atoms with Crippen LogP contribution in [0.25, 0.3) is 10.9 Å². The summed E-state index contributed by atoms with van der Waals surface area (Å²) >= 11 is 0. The standard InChI is InChI=1S/C15H12N2O4S/c1-21-14-8-7-13-12(15(14)17(18)19)9-10-16(13)22(20)11-5-3-2-4-6-11/h2-10H,1H3. The van der Waals surface area contributed by atoms with E-state index in [9.17, 15) is 14.3 Å². The van der Waals surface area contributed by atoms with Crippen LogP contribution in [0.2, 0.25) is 0 Å². The zero-order valence-corrected chi connectivity index (χ0v) is 12.4. The SMILES string of the molecule is COc1ccc2c(ccn2S(=O)c2ccccc2)c1[N+](=O)[O-]. The summed E-state index contributed by atoms with van der Waals surface area (Å²) in [5.41, 5.74) is 0.401. The first-order valence-corrected chi connectivity index (χ1v) is 7.54. The lowest BCUT2D eigenvalue weighted by molar-refractivity contribution is -0.383. The van der Waals surface area contributed by atoms with Crippen LogP contribution in [0.3, 0.4) is 0 Å². The van der Waals surface area contributed by atoms with Gasteiger partial charge in [0.1, 0.15) is 0 Å². The van der Waals surface area contributed by atoms with Gasteiger partial charge in [0.05, 0.1) is 27.8 Å². The highest BCUT2D eigenvalue weighted by atomic mass is 32.2. The second-order valence-corrected chi connectivity index (χ2v) is 5.87. The molecule has 0 N–H and O–H groups in total. The molecule has 3 aromatic rings. The number of rotatable bonds is 4. The fraction of sp³-hybridized carbons (Fsp3) is 0.0667. The number of benzene rings is 2. The molecule has 0 bridgehead atoms. The Morgan fingerprint density at radius 2 is 1.86 bits per heavy atom. The van der Waals surface area contributed by atoms with Crippen LogP contribution in [-0.4, -0.2) is 20.2 Å². The molecule has 1 unspecified atom stereocenters. The van der Waals surface area contributed by atoms with Gasteiger partial charge in [-0.2, -0.15) is 0 Å². The van der Waals surface area contributed by atoms with E-state index in [-0.39, 0.29) is 11.4 Å². The van der Waals surface area contributed by atoms with Gasteiger partial charge >= 0.3 is 5.69 Å². The third-order valence-corrected chi connectivity index (χ3v) is 4.65. The molecule has 3 rings (SSSR count). The highest BCUT2D eigenvalue weighted by Gasteiger charge is 2.22. The summed E-state index contributed by atoms with van der Waals surface area (Å²) in [6.07, 6.45) is 1.58. The number of fused-ring (bicyclic) bond motifs is 1. The molecular formula is C15H12N2O4S. The van der Waals surface area contributed by atoms with E-state index in [0.29, 0.717) is 15.8 Å². The molecule has 0 fully saturated rings. The summed E-state index contributed by atoms with van der Waals surface area (Å²) in [5.74, 6) is 0.181. The molecule has 0 spiro atoms. The molecule has 0 amide bonds. The number of nitro benzene ring substituents is 1. The minimum atomic E-state index is -1.47. The Kier molecular flexibility index (Phi) is 3.64. The van der Waals surface area contributed by atoms with Crippen LogP contribution in [0.1, 0.15) is 0 Å². The molecule has 112 valence electrons. The minimum absolute atomic E-state index is 0.121. The number of hydrogen-bond donors (Lipinski definition) is 0. The Morgan fingerprint density at radius 1 is 1.14 bits per heavy atom. The molecule has 1 atom stereocenters. The van der Waals surface area contributed by atoms with Crippen molar-refractivity contribution in [2.24, 2.45) is 0 Å². The number of aromatic nitrogens is 1. The first-order chi connectivity index (χ1) is 10.6. The summed E-state index contributed by atoms with van der Waals surface area (Å²) in [5, 5.41) is 11.7. The molecule has 1 aromatic heterocycles. The van der Waals surface area contributed by atoms with Crippen molar-refractivity contribution in [1.29, 1.82) is 0 Å². The lowest BCUT2D eigenvalue weighted by Crippen LogP contribution is -2.03. The summed E-state index contributed by atoms with van der Waals surface area (Å²) in [6, 6.07) is 13.7. The monoisotopic (exact) mass is 316 g/mol. The Morgan fingerprint density at radius 3 is 2.50 bits per heavy atom. The lowest BCUT2D eigenvalue weighted by Gasteiger charge is -2.06. The van der Waals surface area contributed by atoms with E-state index in [0.717, 1.165) is 0 Å². The maximum atomic E-state index is 12.6. The zero-order valence-electron chi connectivity index (χ0n) is 11.6. The molecule has 0 saturated heterocycles. The molecule has 0 saturated carbocycles. The molecule has 0 aliphatic heterocycles. The molecule has 0 radical (unpaired) electrons. The maximum absolute atomic E-state index is 12.6. The van der Waals surface area contributed by atoms with Crippen LogP contribution in [0.4, 0.5) is 5.69 Å². The number of nitrogens with zero attached hydrogens (tertiary/aromatic N) is 2. The number of methoxy groups -OCH3 is 1. The van der Waals surface area contributed by atoms with E-state index < -0.39 is 15.9 Å². The van der Waals surface area contributed by atoms with Crippen molar-refractivity contribution < 1.29 is 13.9 Å². The largest absolute Gasteiger partial charge is 0.490 e. The summed E-state index contributed by atoms with van der Waals surface area (Å²) in [4.78, 5) is 11.4. The van der Waals surface area contributed by atoms with Crippen LogP contribution in [0.15, 0.2) is 59.6 Å². The van der Waals surface area contributed by atoms with Gasteiger partial charge in [-0.3, -0.25) is 14.1 Å². The molecule has 1 heterocycles. The van der Waals surface area contributed by atoms with Gasteiger partial charge in [-0.05, 0) is 30.3 Å². The van der Waals surface area contributed by atoms with Crippen LogP contribution in [-0.2, 0) is 11.0 Å². The van der Waals surface area contributed by atoms with Crippen LogP contribution in [0.5, 0.6) is 5.75 Å². The van der Waals surface area contributed by atoms with Crippen molar-refractivity contribution in [2.75, 3.05) is 7.11 Å². The topological polar surface area (TPSA) is 74.4 Å². The predicted molar refractivity (Wildman–Crippen MR) is 83.4 cm³/mol. The molecule has 7 heteroatoms. The smallest absolute Gasteiger partial charge is 0.320 e. The van der Waals surface area contributed by atoms with Gasteiger partial charge in [0.2, 0.25) is 0 Å². The van der Waals surface area contributed by atoms with Crippen LogP contribution >= 0.6 is 0 Å². The second-order valence-electron chi connectivity index (χ2n) is 4.51. The van der Waals surface area contributed by atoms with Gasteiger partial charge in [0.15, 0.2) is 16.7 Å². The molecule has 2 aromatic carbocycles. The summed E-state index contributed by atoms with van der Waals surface area (Å²) in [6.45, 7) is 0. The fourth-order valence-corrected chi connectivity index (χ4v) is 3.43. The van der Waals surface area contributed by atoms with Gasteiger partial charge in [0, 0.05) is 6.20 Å². The van der Waals surface area contributed by atoms with Gasteiger partial charge in [0.25, 0.3) is 0 Å². The third-order valence-electron chi connectivity index (χ3n) is 3.30. The van der Waals surface area contributed by atoms with E-state index >= 15 is 0 Å². The first kappa shape index (κ1) is 14.3. The Balaban J connectivity index is 2.20. The molecular weight excluding hydrogens is 304 g/mol. The van der Waals surface area contributed by atoms with Gasteiger partial charge in [-0.25, -0.2) is 4.21 Å². The van der Waals surface area contributed by atoms with Gasteiger partial charge < -0.3 is 4.74 Å². The van der Waals surface area contributed by atoms with Crippen molar-refractivity contribution in [3.63, 3.8) is 0 Å². The highest BCUT2D eigenvalue weighted by Crippen LogP contribution is 2.36. The Bertz CT molecular complexity index is 874. The van der Waals surface area contributed by atoms with Gasteiger partial charge in [-0.1, -0.05) is 18.2 Å². The fourth-order valence-electron chi connectivity index (χ4n) is 2.30. The Labute approximate surface area is 128 Å². The van der Waals surface area contributed by atoms with Crippen molar-refractivity contribution in [3.8, 4) is 5.75 Å². The van der Waals surface area contributed by atoms with Crippen molar-refractivity contribution in [3.05, 3.63) is 64.8 Å². The van der Waals surface area contributed by atoms with E-state index in [1.54, 1.807) is 42.6 Å². The molecule has 22 heavy (non-hydrogen) atoms. The number of ether oxygens (including phenoxy) is 1. The molecule has 0 aliphatic carbocycles. The average molecular weight is 316 g/mol. The van der Waals surface area contributed by atoms with E-state index in [2.05, 4.69) is 0 Å². The van der Waals surface area contributed by atoms with E-state index in [4.69, 9.17) is 4.74 Å². The van der Waals surface area contributed by atoms with Gasteiger partial charge in [-0.15, -0.1) is 0 Å². The number of nitro groups is 1. The molecule has 0 aliphatic rings. The highest BCUT2D eigenvalue weighted by molar-refractivity contribution is 7.83. The van der Waals surface area contributed by atoms with Crippen LogP contribution < -0.4 is 4.74 Å². The lowest BCUT2D eigenvalue weighted by atomic mass is 10.2. The average Bonchev–Trinajstić information content (AvgIpc) is 2.97. The number of hydrogen-bond acceptors (Lipinski definition) is 4. The normalized spacial score (nSPS) is 12.2. The minimum Gasteiger partial charge on any atom is -0.490 e. The third kappa shape index (κ3) is 2.25. The van der Waals surface area contributed by atoms with E-state index in [1.807, 2.05) is 6.07 Å². The van der Waals surface area contributed by atoms with Crippen molar-refractivity contribution >= 4 is 27.6 Å². The predicted octanol–water partition coefficient (Wildman–Crippen LogP) is 3.13. The quantitative estimate of drug-likeness (QED) is 0.547. The Hall–Kier alpha value is -2.67. The van der Waals surface area contributed by atoms with Crippen LogP contribution in [0, 0.1) is 10.1 Å². The van der Waals surface area contributed by atoms with Crippen molar-refractivity contribution in [1.82, 2.24) is 3.97 Å². The molecule has 6 nitrogen and oxygen atoms in total. The van der Waals surface area contributed by atoms with Crippen molar-refractivity contribution in [2.45, 2.75) is 4.90 Å². The summed E-state index contributed by atoms with van der Waals surface area (Å²) in [7, 11) is -0.0848. The summed E-state index contributed by atoms with van der Waals surface area (Å²) < 4.78 is 19.2. The maximum Gasteiger partial charge on any atom is 0.320 e. The first-order valence-electron chi connectivity index (χ1n) is 6.43. The van der Waals surface area contributed by atoms with E-state index in [1.165, 1.54) is 17.1 Å². The zero-order chi connectivity index (χ0) is 15.7.